The van der Waals surface area contributed by atoms with Crippen LogP contribution in [-0.2, 0) is 4.79 Å². The number of hydrogen-bond donors (Lipinski definition) is 1. The van der Waals surface area contributed by atoms with Crippen LogP contribution in [0.1, 0.15) is 22.6 Å². The fourth-order valence-corrected chi connectivity index (χ4v) is 4.17. The highest BCUT2D eigenvalue weighted by Gasteiger charge is 2.31. The number of nitriles is 1. The number of nitrogens with zero attached hydrogens (tertiary/aromatic N) is 1. The molecule has 0 aromatic heterocycles. The fourth-order valence-electron chi connectivity index (χ4n) is 3.65. The molecule has 0 radical (unpaired) electrons. The predicted molar refractivity (Wildman–Crippen MR) is 131 cm³/mol. The van der Waals surface area contributed by atoms with E-state index in [1.165, 1.54) is 0 Å². The monoisotopic (exact) mass is 492 g/mol. The molecule has 0 amide bonds. The molecular formula is C26H21ClN2O4S. The zero-order chi connectivity index (χ0) is 24.2. The Morgan fingerprint density at radius 3 is 2.56 bits per heavy atom. The molecule has 0 bridgehead atoms. The minimum absolute atomic E-state index is 0.0267. The van der Waals surface area contributed by atoms with Crippen LogP contribution in [0.15, 0.2) is 77.0 Å². The Bertz CT molecular complexity index is 1320. The van der Waals surface area contributed by atoms with Gasteiger partial charge >= 0.3 is 5.97 Å². The van der Waals surface area contributed by atoms with Crippen LogP contribution in [0, 0.1) is 18.3 Å². The molecule has 172 valence electrons. The second-order valence-electron chi connectivity index (χ2n) is 7.57. The van der Waals surface area contributed by atoms with Crippen molar-refractivity contribution in [3.63, 3.8) is 0 Å². The number of benzene rings is 3. The molecule has 34 heavy (non-hydrogen) atoms. The second-order valence-corrected chi connectivity index (χ2v) is 8.86. The van der Waals surface area contributed by atoms with E-state index in [1.807, 2.05) is 37.4 Å². The minimum atomic E-state index is -0.575. The van der Waals surface area contributed by atoms with Crippen LogP contribution in [0.5, 0.6) is 17.2 Å². The number of carbonyl (C=O) groups is 1. The molecule has 4 rings (SSSR count). The lowest BCUT2D eigenvalue weighted by atomic mass is 9.83. The van der Waals surface area contributed by atoms with E-state index in [0.29, 0.717) is 22.1 Å². The van der Waals surface area contributed by atoms with Gasteiger partial charge in [0.2, 0.25) is 5.88 Å². The zero-order valence-corrected chi connectivity index (χ0v) is 20.1. The molecule has 1 heterocycles. The minimum Gasteiger partial charge on any atom is -0.482 e. The Kier molecular flexibility index (Phi) is 7.01. The maximum absolute atomic E-state index is 12.3. The normalized spacial score (nSPS) is 14.6. The summed E-state index contributed by atoms with van der Waals surface area (Å²) in [6.07, 6.45) is 2.00. The van der Waals surface area contributed by atoms with Crippen molar-refractivity contribution in [2.45, 2.75) is 17.7 Å². The molecule has 0 spiro atoms. The number of rotatable bonds is 6. The largest absolute Gasteiger partial charge is 0.482 e. The fraction of sp³-hybridized carbons (Fsp3) is 0.154. The zero-order valence-electron chi connectivity index (χ0n) is 18.5. The number of halogens is 1. The van der Waals surface area contributed by atoms with Crippen LogP contribution in [0.3, 0.4) is 0 Å². The number of aryl methyl sites for hydroxylation is 1. The van der Waals surface area contributed by atoms with Gasteiger partial charge in [-0.15, -0.1) is 11.8 Å². The third-order valence-electron chi connectivity index (χ3n) is 5.36. The SMILES string of the molecule is CSc1ccc(C2C(C#N)=C(N)Oc3cc(OC(=O)COc4ccc(Cl)c(C)c4)ccc32)cc1. The first kappa shape index (κ1) is 23.6. The number of nitrogens with two attached hydrogens (primary N) is 1. The maximum Gasteiger partial charge on any atom is 0.349 e. The third kappa shape index (κ3) is 4.98. The van der Waals surface area contributed by atoms with Crippen molar-refractivity contribution in [1.29, 1.82) is 5.26 Å². The number of allylic oxidation sites excluding steroid dienone is 1. The molecule has 3 aromatic rings. The molecule has 1 aliphatic rings. The summed E-state index contributed by atoms with van der Waals surface area (Å²) >= 11 is 7.65. The molecule has 8 heteroatoms. The smallest absolute Gasteiger partial charge is 0.349 e. The summed E-state index contributed by atoms with van der Waals surface area (Å²) < 4.78 is 16.6. The first-order valence-corrected chi connectivity index (χ1v) is 11.9. The summed E-state index contributed by atoms with van der Waals surface area (Å²) in [5.74, 6) is 0.294. The van der Waals surface area contributed by atoms with Gasteiger partial charge in [-0.1, -0.05) is 29.8 Å². The van der Waals surface area contributed by atoms with E-state index in [2.05, 4.69) is 6.07 Å². The average molecular weight is 493 g/mol. The van der Waals surface area contributed by atoms with Gasteiger partial charge < -0.3 is 19.9 Å². The Balaban J connectivity index is 1.53. The van der Waals surface area contributed by atoms with Gasteiger partial charge in [-0.25, -0.2) is 4.79 Å². The van der Waals surface area contributed by atoms with Crippen molar-refractivity contribution in [2.75, 3.05) is 12.9 Å². The highest BCUT2D eigenvalue weighted by molar-refractivity contribution is 7.98. The van der Waals surface area contributed by atoms with Gasteiger partial charge in [0.15, 0.2) is 6.61 Å². The highest BCUT2D eigenvalue weighted by atomic mass is 35.5. The second kappa shape index (κ2) is 10.1. The maximum atomic E-state index is 12.3. The summed E-state index contributed by atoms with van der Waals surface area (Å²) in [6.45, 7) is 1.58. The Labute approximate surface area is 206 Å². The highest BCUT2D eigenvalue weighted by Crippen LogP contribution is 2.43. The molecule has 0 saturated heterocycles. The van der Waals surface area contributed by atoms with Crippen molar-refractivity contribution >= 4 is 29.3 Å². The van der Waals surface area contributed by atoms with Crippen molar-refractivity contribution in [3.05, 3.63) is 93.8 Å². The van der Waals surface area contributed by atoms with E-state index in [4.69, 9.17) is 31.5 Å². The summed E-state index contributed by atoms with van der Waals surface area (Å²) in [5.41, 5.74) is 8.92. The molecule has 0 saturated carbocycles. The molecule has 1 aliphatic heterocycles. The Hall–Kier alpha value is -3.60. The third-order valence-corrected chi connectivity index (χ3v) is 6.53. The van der Waals surface area contributed by atoms with E-state index in [-0.39, 0.29) is 24.2 Å². The van der Waals surface area contributed by atoms with Crippen LogP contribution in [0.4, 0.5) is 0 Å². The molecule has 0 fully saturated rings. The topological polar surface area (TPSA) is 94.6 Å². The lowest BCUT2D eigenvalue weighted by molar-refractivity contribution is -0.136. The van der Waals surface area contributed by atoms with Crippen molar-refractivity contribution in [2.24, 2.45) is 5.73 Å². The number of thioether (sulfide) groups is 1. The number of esters is 1. The molecule has 2 N–H and O–H groups in total. The van der Waals surface area contributed by atoms with Gasteiger partial charge in [0.25, 0.3) is 0 Å². The van der Waals surface area contributed by atoms with Gasteiger partial charge in [-0.2, -0.15) is 5.26 Å². The van der Waals surface area contributed by atoms with Gasteiger partial charge in [-0.05, 0) is 60.7 Å². The van der Waals surface area contributed by atoms with Crippen molar-refractivity contribution in [1.82, 2.24) is 0 Å². The standard InChI is InChI=1S/C26H21ClN2O4S/c1-15-11-17(6-10-22(15)27)31-14-24(30)32-18-5-9-20-23(12-18)33-26(29)21(13-28)25(20)16-3-7-19(34-2)8-4-16/h3-12,25H,14,29H2,1-2H3. The molecule has 0 aliphatic carbocycles. The van der Waals surface area contributed by atoms with Crippen LogP contribution < -0.4 is 19.9 Å². The van der Waals surface area contributed by atoms with Gasteiger partial charge in [0, 0.05) is 21.5 Å². The first-order chi connectivity index (χ1) is 16.4. The summed E-state index contributed by atoms with van der Waals surface area (Å²) in [7, 11) is 0. The van der Waals surface area contributed by atoms with Crippen LogP contribution >= 0.6 is 23.4 Å². The lowest BCUT2D eigenvalue weighted by Crippen LogP contribution is -2.21. The van der Waals surface area contributed by atoms with Crippen LogP contribution in [-0.4, -0.2) is 18.8 Å². The quantitative estimate of drug-likeness (QED) is 0.273. The Morgan fingerprint density at radius 2 is 1.88 bits per heavy atom. The van der Waals surface area contributed by atoms with E-state index in [9.17, 15) is 10.1 Å². The molecule has 6 nitrogen and oxygen atoms in total. The lowest BCUT2D eigenvalue weighted by Gasteiger charge is -2.26. The number of hydrogen-bond acceptors (Lipinski definition) is 7. The van der Waals surface area contributed by atoms with Gasteiger partial charge in [0.1, 0.15) is 28.9 Å². The van der Waals surface area contributed by atoms with Crippen molar-refractivity contribution < 1.29 is 19.0 Å². The first-order valence-electron chi connectivity index (χ1n) is 10.3. The van der Waals surface area contributed by atoms with Crippen molar-refractivity contribution in [3.8, 4) is 23.3 Å². The van der Waals surface area contributed by atoms with E-state index in [1.54, 1.807) is 48.2 Å². The predicted octanol–water partition coefficient (Wildman–Crippen LogP) is 5.57. The van der Waals surface area contributed by atoms with E-state index >= 15 is 0 Å². The van der Waals surface area contributed by atoms with Crippen LogP contribution in [0.2, 0.25) is 5.02 Å². The van der Waals surface area contributed by atoms with E-state index < -0.39 is 5.97 Å². The number of carbonyl (C=O) groups excluding carboxylic acids is 1. The Morgan fingerprint density at radius 1 is 1.15 bits per heavy atom. The molecule has 1 unspecified atom stereocenters. The average Bonchev–Trinajstić information content (AvgIpc) is 2.84. The number of fused-ring (bicyclic) bond motifs is 1. The summed E-state index contributed by atoms with van der Waals surface area (Å²) in [4.78, 5) is 13.4. The van der Waals surface area contributed by atoms with Crippen LogP contribution in [0.25, 0.3) is 0 Å². The van der Waals surface area contributed by atoms with E-state index in [0.717, 1.165) is 21.6 Å². The molecule has 3 aromatic carbocycles. The number of ether oxygens (including phenoxy) is 3. The molecular weight excluding hydrogens is 472 g/mol. The van der Waals surface area contributed by atoms with Gasteiger partial charge in [0.05, 0.1) is 5.92 Å². The summed E-state index contributed by atoms with van der Waals surface area (Å²) in [6, 6.07) is 20.3. The summed E-state index contributed by atoms with van der Waals surface area (Å²) in [5, 5.41) is 10.3. The molecule has 1 atom stereocenters. The van der Waals surface area contributed by atoms with Gasteiger partial charge in [-0.3, -0.25) is 0 Å².